The van der Waals surface area contributed by atoms with E-state index in [0.29, 0.717) is 5.02 Å². The van der Waals surface area contributed by atoms with Crippen LogP contribution < -0.4 is 5.73 Å². The lowest BCUT2D eigenvalue weighted by Gasteiger charge is -2.19. The lowest BCUT2D eigenvalue weighted by molar-refractivity contribution is 1.15. The summed E-state index contributed by atoms with van der Waals surface area (Å²) in [5.41, 5.74) is 9.37. The number of nitrogen functional groups attached to an aromatic ring is 1. The van der Waals surface area contributed by atoms with E-state index in [1.807, 2.05) is 30.3 Å². The van der Waals surface area contributed by atoms with E-state index in [0.717, 1.165) is 10.6 Å². The first-order valence-electron chi connectivity index (χ1n) is 7.05. The fraction of sp³-hybridized carbons (Fsp3) is 0.0526. The Bertz CT molecular complexity index is 704. The molecule has 0 atom stereocenters. The number of rotatable bonds is 4. The van der Waals surface area contributed by atoms with Gasteiger partial charge in [0.15, 0.2) is 0 Å². The third kappa shape index (κ3) is 3.46. The fourth-order valence-corrected chi connectivity index (χ4v) is 3.80. The zero-order chi connectivity index (χ0) is 15.4. The Balaban J connectivity index is 2.01. The third-order valence-electron chi connectivity index (χ3n) is 3.43. The van der Waals surface area contributed by atoms with E-state index in [-0.39, 0.29) is 5.25 Å². The second-order valence-electron chi connectivity index (χ2n) is 5.00. The van der Waals surface area contributed by atoms with Crippen LogP contribution in [-0.2, 0) is 0 Å². The van der Waals surface area contributed by atoms with Crippen molar-refractivity contribution in [2.75, 3.05) is 5.73 Å². The Kier molecular flexibility index (Phi) is 4.71. The van der Waals surface area contributed by atoms with Crippen LogP contribution in [0.4, 0.5) is 5.69 Å². The van der Waals surface area contributed by atoms with Crippen LogP contribution in [0.1, 0.15) is 16.4 Å². The largest absolute Gasteiger partial charge is 0.398 e. The number of hydrogen-bond donors (Lipinski definition) is 1. The van der Waals surface area contributed by atoms with Crippen LogP contribution in [0.3, 0.4) is 0 Å². The molecule has 3 aromatic carbocycles. The molecule has 0 saturated heterocycles. The van der Waals surface area contributed by atoms with Crippen molar-refractivity contribution in [2.45, 2.75) is 10.1 Å². The Morgan fingerprint density at radius 3 is 1.86 bits per heavy atom. The summed E-state index contributed by atoms with van der Waals surface area (Å²) in [7, 11) is 0. The van der Waals surface area contributed by atoms with Crippen molar-refractivity contribution in [1.82, 2.24) is 0 Å². The summed E-state index contributed by atoms with van der Waals surface area (Å²) in [6.07, 6.45) is 0. The molecule has 2 N–H and O–H groups in total. The van der Waals surface area contributed by atoms with Gasteiger partial charge in [-0.05, 0) is 29.3 Å². The maximum atomic E-state index is 6.12. The van der Waals surface area contributed by atoms with E-state index < -0.39 is 0 Å². The topological polar surface area (TPSA) is 26.0 Å². The number of nitrogens with two attached hydrogens (primary N) is 1. The Morgan fingerprint density at radius 2 is 1.32 bits per heavy atom. The summed E-state index contributed by atoms with van der Waals surface area (Å²) < 4.78 is 0. The molecule has 0 amide bonds. The summed E-state index contributed by atoms with van der Waals surface area (Å²) in [4.78, 5) is 1.00. The standard InChI is InChI=1S/C19H16ClNS/c20-16-11-12-17(21)18(13-16)22-19(14-7-3-1-4-8-14)15-9-5-2-6-10-15/h1-13,19H,21H2. The number of halogens is 1. The molecule has 0 aliphatic carbocycles. The van der Waals surface area contributed by atoms with E-state index >= 15 is 0 Å². The highest BCUT2D eigenvalue weighted by Gasteiger charge is 2.16. The summed E-state index contributed by atoms with van der Waals surface area (Å²) in [6.45, 7) is 0. The van der Waals surface area contributed by atoms with Crippen LogP contribution in [0.25, 0.3) is 0 Å². The van der Waals surface area contributed by atoms with Crippen LogP contribution in [0.2, 0.25) is 5.02 Å². The number of benzene rings is 3. The monoisotopic (exact) mass is 325 g/mol. The summed E-state index contributed by atoms with van der Waals surface area (Å²) >= 11 is 7.85. The van der Waals surface area contributed by atoms with Crippen molar-refractivity contribution >= 4 is 29.1 Å². The normalized spacial score (nSPS) is 10.8. The number of anilines is 1. The maximum Gasteiger partial charge on any atom is 0.0594 e. The molecule has 1 nitrogen and oxygen atoms in total. The molecule has 110 valence electrons. The molecule has 0 unspecified atom stereocenters. The Hall–Kier alpha value is -1.90. The van der Waals surface area contributed by atoms with Gasteiger partial charge in [-0.15, -0.1) is 11.8 Å². The molecule has 22 heavy (non-hydrogen) atoms. The van der Waals surface area contributed by atoms with E-state index in [2.05, 4.69) is 48.5 Å². The van der Waals surface area contributed by atoms with Crippen molar-refractivity contribution in [3.8, 4) is 0 Å². The van der Waals surface area contributed by atoms with Gasteiger partial charge in [-0.2, -0.15) is 0 Å². The average Bonchev–Trinajstić information content (AvgIpc) is 2.57. The SMILES string of the molecule is Nc1ccc(Cl)cc1SC(c1ccccc1)c1ccccc1. The van der Waals surface area contributed by atoms with Gasteiger partial charge in [-0.1, -0.05) is 72.3 Å². The first-order valence-corrected chi connectivity index (χ1v) is 8.31. The molecule has 0 radical (unpaired) electrons. The zero-order valence-corrected chi connectivity index (χ0v) is 13.5. The number of thioether (sulfide) groups is 1. The van der Waals surface area contributed by atoms with Gasteiger partial charge in [0.05, 0.1) is 5.25 Å². The molecule has 0 aliphatic heterocycles. The minimum atomic E-state index is 0.183. The molecular weight excluding hydrogens is 310 g/mol. The van der Waals surface area contributed by atoms with Gasteiger partial charge in [-0.25, -0.2) is 0 Å². The van der Waals surface area contributed by atoms with E-state index in [1.54, 1.807) is 11.8 Å². The average molecular weight is 326 g/mol. The van der Waals surface area contributed by atoms with Gasteiger partial charge in [0.25, 0.3) is 0 Å². The van der Waals surface area contributed by atoms with Crippen LogP contribution in [0, 0.1) is 0 Å². The van der Waals surface area contributed by atoms with E-state index in [9.17, 15) is 0 Å². The molecule has 0 aromatic heterocycles. The van der Waals surface area contributed by atoms with Crippen molar-refractivity contribution < 1.29 is 0 Å². The summed E-state index contributed by atoms with van der Waals surface area (Å²) in [5.74, 6) is 0. The molecule has 0 heterocycles. The zero-order valence-electron chi connectivity index (χ0n) is 11.9. The Labute approximate surface area is 140 Å². The highest BCUT2D eigenvalue weighted by atomic mass is 35.5. The highest BCUT2D eigenvalue weighted by Crippen LogP contribution is 2.43. The first kappa shape index (κ1) is 15.0. The van der Waals surface area contributed by atoms with Crippen LogP contribution in [-0.4, -0.2) is 0 Å². The van der Waals surface area contributed by atoms with Crippen molar-refractivity contribution in [1.29, 1.82) is 0 Å². The van der Waals surface area contributed by atoms with Crippen molar-refractivity contribution in [2.24, 2.45) is 0 Å². The second-order valence-corrected chi connectivity index (χ2v) is 6.58. The quantitative estimate of drug-likeness (QED) is 0.484. The third-order valence-corrected chi connectivity index (χ3v) is 5.05. The highest BCUT2D eigenvalue weighted by molar-refractivity contribution is 7.99. The van der Waals surface area contributed by atoms with Gasteiger partial charge in [0.2, 0.25) is 0 Å². The molecule has 3 heteroatoms. The van der Waals surface area contributed by atoms with Crippen molar-refractivity contribution in [3.05, 3.63) is 95.0 Å². The molecule has 0 saturated carbocycles. The predicted molar refractivity (Wildman–Crippen MR) is 96.4 cm³/mol. The summed E-state index contributed by atoms with van der Waals surface area (Å²) in [5, 5.41) is 0.889. The minimum Gasteiger partial charge on any atom is -0.398 e. The molecular formula is C19H16ClNS. The Morgan fingerprint density at radius 1 is 0.773 bits per heavy atom. The van der Waals surface area contributed by atoms with E-state index in [4.69, 9.17) is 17.3 Å². The lowest BCUT2D eigenvalue weighted by Crippen LogP contribution is -1.98. The molecule has 0 fully saturated rings. The van der Waals surface area contributed by atoms with Gasteiger partial charge in [0.1, 0.15) is 0 Å². The van der Waals surface area contributed by atoms with Gasteiger partial charge >= 0.3 is 0 Å². The van der Waals surface area contributed by atoms with Crippen molar-refractivity contribution in [3.63, 3.8) is 0 Å². The summed E-state index contributed by atoms with van der Waals surface area (Å²) in [6, 6.07) is 26.5. The van der Waals surface area contributed by atoms with Crippen LogP contribution in [0.15, 0.2) is 83.8 Å². The van der Waals surface area contributed by atoms with Crippen LogP contribution >= 0.6 is 23.4 Å². The van der Waals surface area contributed by atoms with Gasteiger partial charge in [-0.3, -0.25) is 0 Å². The number of hydrogen-bond acceptors (Lipinski definition) is 2. The van der Waals surface area contributed by atoms with Crippen LogP contribution in [0.5, 0.6) is 0 Å². The minimum absolute atomic E-state index is 0.183. The van der Waals surface area contributed by atoms with Gasteiger partial charge in [0, 0.05) is 15.6 Å². The van der Waals surface area contributed by atoms with E-state index in [1.165, 1.54) is 11.1 Å². The lowest BCUT2D eigenvalue weighted by atomic mass is 10.0. The molecule has 0 aliphatic rings. The second kappa shape index (κ2) is 6.91. The molecule has 0 bridgehead atoms. The molecule has 0 spiro atoms. The molecule has 3 rings (SSSR count). The van der Waals surface area contributed by atoms with Gasteiger partial charge < -0.3 is 5.73 Å². The maximum absolute atomic E-state index is 6.12. The fourth-order valence-electron chi connectivity index (χ4n) is 2.32. The molecule has 3 aromatic rings. The first-order chi connectivity index (χ1) is 10.7. The predicted octanol–water partition coefficient (Wildman–Crippen LogP) is 5.80. The smallest absolute Gasteiger partial charge is 0.0594 e.